The topological polar surface area (TPSA) is 24.9 Å². The maximum Gasteiger partial charge on any atom is 0.0480 e. The van der Waals surface area contributed by atoms with Crippen molar-refractivity contribution in [3.63, 3.8) is 0 Å². The van der Waals surface area contributed by atoms with Crippen molar-refractivity contribution in [2.24, 2.45) is 0 Å². The van der Waals surface area contributed by atoms with Gasteiger partial charge in [-0.25, -0.2) is 0 Å². The summed E-state index contributed by atoms with van der Waals surface area (Å²) in [4.78, 5) is 4.51. The normalized spacial score (nSPS) is 11.5. The number of aryl methyl sites for hydroxylation is 1. The van der Waals surface area contributed by atoms with Crippen molar-refractivity contribution in [1.82, 2.24) is 4.98 Å². The summed E-state index contributed by atoms with van der Waals surface area (Å²) >= 11 is 0. The summed E-state index contributed by atoms with van der Waals surface area (Å²) in [7, 11) is 1.93. The SMILES string of the molecule is CNc1cc(C)nc(C(C)(C)C)c1. The highest BCUT2D eigenvalue weighted by Gasteiger charge is 2.15. The van der Waals surface area contributed by atoms with Crippen LogP contribution in [0.2, 0.25) is 0 Å². The molecule has 0 bridgehead atoms. The van der Waals surface area contributed by atoms with Gasteiger partial charge in [0.25, 0.3) is 0 Å². The molecule has 2 nitrogen and oxygen atoms in total. The van der Waals surface area contributed by atoms with Gasteiger partial charge < -0.3 is 5.32 Å². The van der Waals surface area contributed by atoms with Crippen molar-refractivity contribution in [2.45, 2.75) is 33.1 Å². The van der Waals surface area contributed by atoms with Crippen molar-refractivity contribution in [3.05, 3.63) is 23.5 Å². The van der Waals surface area contributed by atoms with Crippen molar-refractivity contribution >= 4 is 5.69 Å². The summed E-state index contributed by atoms with van der Waals surface area (Å²) in [5.41, 5.74) is 3.46. The molecule has 1 N–H and O–H groups in total. The monoisotopic (exact) mass is 178 g/mol. The highest BCUT2D eigenvalue weighted by Crippen LogP contribution is 2.23. The smallest absolute Gasteiger partial charge is 0.0480 e. The van der Waals surface area contributed by atoms with E-state index >= 15 is 0 Å². The second-order valence-electron chi connectivity index (χ2n) is 4.38. The van der Waals surface area contributed by atoms with Crippen LogP contribution in [0, 0.1) is 6.92 Å². The van der Waals surface area contributed by atoms with Gasteiger partial charge in [0, 0.05) is 29.5 Å². The van der Waals surface area contributed by atoms with Crippen LogP contribution in [-0.4, -0.2) is 12.0 Å². The molecule has 0 spiro atoms. The Bertz CT molecular complexity index is 297. The number of pyridine rings is 1. The lowest BCUT2D eigenvalue weighted by molar-refractivity contribution is 0.567. The van der Waals surface area contributed by atoms with E-state index in [9.17, 15) is 0 Å². The van der Waals surface area contributed by atoms with E-state index in [0.29, 0.717) is 0 Å². The number of hydrogen-bond acceptors (Lipinski definition) is 2. The molecule has 1 rings (SSSR count). The third-order valence-electron chi connectivity index (χ3n) is 2.01. The Kier molecular flexibility index (Phi) is 2.60. The second-order valence-corrected chi connectivity index (χ2v) is 4.38. The van der Waals surface area contributed by atoms with Crippen molar-refractivity contribution in [2.75, 3.05) is 12.4 Å². The zero-order valence-electron chi connectivity index (χ0n) is 9.10. The predicted octanol–water partition coefficient (Wildman–Crippen LogP) is 2.73. The Labute approximate surface area is 80.4 Å². The fourth-order valence-electron chi connectivity index (χ4n) is 1.20. The van der Waals surface area contributed by atoms with Gasteiger partial charge in [0.05, 0.1) is 0 Å². The highest BCUT2D eigenvalue weighted by atomic mass is 14.8. The molecule has 0 saturated carbocycles. The molecule has 2 heteroatoms. The zero-order valence-corrected chi connectivity index (χ0v) is 9.10. The summed E-state index contributed by atoms with van der Waals surface area (Å²) in [6.07, 6.45) is 0. The molecule has 0 unspecified atom stereocenters. The quantitative estimate of drug-likeness (QED) is 0.715. The van der Waals surface area contributed by atoms with Crippen LogP contribution < -0.4 is 5.32 Å². The molecule has 0 saturated heterocycles. The molecule has 0 amide bonds. The minimum atomic E-state index is 0.123. The van der Waals surface area contributed by atoms with Crippen molar-refractivity contribution in [1.29, 1.82) is 0 Å². The number of nitrogens with one attached hydrogen (secondary N) is 1. The Morgan fingerprint density at radius 1 is 1.23 bits per heavy atom. The van der Waals surface area contributed by atoms with Gasteiger partial charge in [0.15, 0.2) is 0 Å². The summed E-state index contributed by atoms with van der Waals surface area (Å²) < 4.78 is 0. The van der Waals surface area contributed by atoms with Gasteiger partial charge in [-0.3, -0.25) is 4.98 Å². The molecular weight excluding hydrogens is 160 g/mol. The maximum absolute atomic E-state index is 4.51. The van der Waals surface area contributed by atoms with E-state index in [0.717, 1.165) is 17.1 Å². The molecule has 1 heterocycles. The predicted molar refractivity (Wildman–Crippen MR) is 57.2 cm³/mol. The van der Waals surface area contributed by atoms with Crippen LogP contribution in [0.5, 0.6) is 0 Å². The van der Waals surface area contributed by atoms with Crippen LogP contribution in [0.15, 0.2) is 12.1 Å². The second kappa shape index (κ2) is 3.36. The van der Waals surface area contributed by atoms with Crippen LogP contribution in [0.4, 0.5) is 5.69 Å². The molecule has 0 radical (unpaired) electrons. The molecule has 0 aliphatic carbocycles. The van der Waals surface area contributed by atoms with Crippen LogP contribution in [0.3, 0.4) is 0 Å². The third-order valence-corrected chi connectivity index (χ3v) is 2.01. The molecule has 0 atom stereocenters. The lowest BCUT2D eigenvalue weighted by Crippen LogP contribution is -2.14. The fraction of sp³-hybridized carbons (Fsp3) is 0.545. The van der Waals surface area contributed by atoms with E-state index in [1.807, 2.05) is 14.0 Å². The number of aromatic nitrogens is 1. The summed E-state index contributed by atoms with van der Waals surface area (Å²) in [6, 6.07) is 4.15. The summed E-state index contributed by atoms with van der Waals surface area (Å²) in [5.74, 6) is 0. The molecule has 1 aromatic rings. The number of rotatable bonds is 1. The Morgan fingerprint density at radius 3 is 2.31 bits per heavy atom. The van der Waals surface area contributed by atoms with E-state index in [4.69, 9.17) is 0 Å². The van der Waals surface area contributed by atoms with E-state index in [2.05, 4.69) is 43.2 Å². The minimum Gasteiger partial charge on any atom is -0.388 e. The molecule has 72 valence electrons. The molecule has 0 aromatic carbocycles. The first-order valence-electron chi connectivity index (χ1n) is 4.60. The molecule has 13 heavy (non-hydrogen) atoms. The van der Waals surface area contributed by atoms with Gasteiger partial charge in [-0.15, -0.1) is 0 Å². The molecule has 0 aliphatic heterocycles. The average molecular weight is 178 g/mol. The summed E-state index contributed by atoms with van der Waals surface area (Å²) in [6.45, 7) is 8.55. The van der Waals surface area contributed by atoms with E-state index < -0.39 is 0 Å². The van der Waals surface area contributed by atoms with Gasteiger partial charge in [-0.05, 0) is 19.1 Å². The van der Waals surface area contributed by atoms with Crippen LogP contribution in [0.25, 0.3) is 0 Å². The number of nitrogens with zero attached hydrogens (tertiary/aromatic N) is 1. The largest absolute Gasteiger partial charge is 0.388 e. The van der Waals surface area contributed by atoms with Crippen LogP contribution in [-0.2, 0) is 5.41 Å². The third kappa shape index (κ3) is 2.44. The Morgan fingerprint density at radius 2 is 1.85 bits per heavy atom. The van der Waals surface area contributed by atoms with Crippen molar-refractivity contribution in [3.8, 4) is 0 Å². The minimum absolute atomic E-state index is 0.123. The average Bonchev–Trinajstić information content (AvgIpc) is 2.01. The first-order chi connectivity index (χ1) is 5.93. The van der Waals surface area contributed by atoms with Gasteiger partial charge in [-0.1, -0.05) is 20.8 Å². The Hall–Kier alpha value is -1.05. The van der Waals surface area contributed by atoms with Gasteiger partial charge in [-0.2, -0.15) is 0 Å². The zero-order chi connectivity index (χ0) is 10.1. The number of anilines is 1. The van der Waals surface area contributed by atoms with Gasteiger partial charge in [0.1, 0.15) is 0 Å². The van der Waals surface area contributed by atoms with Gasteiger partial charge >= 0.3 is 0 Å². The maximum atomic E-state index is 4.51. The fourth-order valence-corrected chi connectivity index (χ4v) is 1.20. The lowest BCUT2D eigenvalue weighted by Gasteiger charge is -2.19. The highest BCUT2D eigenvalue weighted by molar-refractivity contribution is 5.45. The Balaban J connectivity index is 3.16. The summed E-state index contributed by atoms with van der Waals surface area (Å²) in [5, 5.41) is 3.14. The van der Waals surface area contributed by atoms with E-state index in [-0.39, 0.29) is 5.41 Å². The lowest BCUT2D eigenvalue weighted by atomic mass is 9.91. The standard InChI is InChI=1S/C11H18N2/c1-8-6-9(12-5)7-10(13-8)11(2,3)4/h6-7H,1-5H3,(H,12,13). The molecular formula is C11H18N2. The molecule has 0 fully saturated rings. The molecule has 1 aromatic heterocycles. The number of hydrogen-bond donors (Lipinski definition) is 1. The first kappa shape index (κ1) is 10.0. The van der Waals surface area contributed by atoms with Crippen LogP contribution >= 0.6 is 0 Å². The van der Waals surface area contributed by atoms with E-state index in [1.54, 1.807) is 0 Å². The van der Waals surface area contributed by atoms with Gasteiger partial charge in [0.2, 0.25) is 0 Å². The van der Waals surface area contributed by atoms with Crippen molar-refractivity contribution < 1.29 is 0 Å². The molecule has 0 aliphatic rings. The van der Waals surface area contributed by atoms with E-state index in [1.165, 1.54) is 0 Å². The van der Waals surface area contributed by atoms with Crippen LogP contribution in [0.1, 0.15) is 32.2 Å². The first-order valence-corrected chi connectivity index (χ1v) is 4.60.